The van der Waals surface area contributed by atoms with Crippen molar-refractivity contribution in [1.82, 2.24) is 14.9 Å². The van der Waals surface area contributed by atoms with Crippen molar-refractivity contribution in [3.8, 4) is 0 Å². The Labute approximate surface area is 71.2 Å². The lowest BCUT2D eigenvalue weighted by Crippen LogP contribution is -2.41. The molecule has 2 heterocycles. The fourth-order valence-corrected chi connectivity index (χ4v) is 1.56. The third-order valence-electron chi connectivity index (χ3n) is 2.33. The molecular formula is C8H13N3O. The third kappa shape index (κ3) is 1.13. The van der Waals surface area contributed by atoms with Crippen molar-refractivity contribution < 1.29 is 5.11 Å². The number of nitrogens with one attached hydrogen (secondary N) is 1. The molecule has 2 rings (SSSR count). The number of aromatic nitrogens is 2. The van der Waals surface area contributed by atoms with E-state index < -0.39 is 0 Å². The molecule has 12 heavy (non-hydrogen) atoms. The van der Waals surface area contributed by atoms with Crippen LogP contribution in [0.25, 0.3) is 0 Å². The second kappa shape index (κ2) is 2.88. The number of imidazole rings is 1. The zero-order chi connectivity index (χ0) is 8.55. The first-order valence-corrected chi connectivity index (χ1v) is 4.16. The van der Waals surface area contributed by atoms with Gasteiger partial charge in [0.2, 0.25) is 0 Å². The molecule has 0 spiro atoms. The Kier molecular flexibility index (Phi) is 1.86. The Morgan fingerprint density at radius 3 is 3.42 bits per heavy atom. The molecule has 0 aliphatic carbocycles. The summed E-state index contributed by atoms with van der Waals surface area (Å²) in [6, 6.07) is 0.186. The Hall–Kier alpha value is -0.870. The van der Waals surface area contributed by atoms with E-state index in [4.69, 9.17) is 5.11 Å². The highest BCUT2D eigenvalue weighted by Gasteiger charge is 2.17. The molecule has 0 radical (unpaired) electrons. The fourth-order valence-electron chi connectivity index (χ4n) is 1.56. The SMILES string of the molecule is Cc1ncc2n1CC(CO)NC2. The van der Waals surface area contributed by atoms with Gasteiger partial charge in [0.25, 0.3) is 0 Å². The summed E-state index contributed by atoms with van der Waals surface area (Å²) in [4.78, 5) is 4.21. The lowest BCUT2D eigenvalue weighted by atomic mass is 10.2. The van der Waals surface area contributed by atoms with Gasteiger partial charge >= 0.3 is 0 Å². The van der Waals surface area contributed by atoms with E-state index in [1.165, 1.54) is 5.69 Å². The van der Waals surface area contributed by atoms with Gasteiger partial charge < -0.3 is 15.0 Å². The molecule has 1 unspecified atom stereocenters. The maximum Gasteiger partial charge on any atom is 0.105 e. The van der Waals surface area contributed by atoms with E-state index in [9.17, 15) is 0 Å². The van der Waals surface area contributed by atoms with Crippen molar-refractivity contribution >= 4 is 0 Å². The van der Waals surface area contributed by atoms with Gasteiger partial charge in [-0.3, -0.25) is 0 Å². The summed E-state index contributed by atoms with van der Waals surface area (Å²) in [6.45, 7) is 3.82. The molecule has 0 fully saturated rings. The normalized spacial score (nSPS) is 22.3. The molecular weight excluding hydrogens is 154 g/mol. The lowest BCUT2D eigenvalue weighted by Gasteiger charge is -2.24. The predicted molar refractivity (Wildman–Crippen MR) is 44.7 cm³/mol. The van der Waals surface area contributed by atoms with Crippen molar-refractivity contribution in [3.05, 3.63) is 17.7 Å². The fraction of sp³-hybridized carbons (Fsp3) is 0.625. The number of hydrogen-bond acceptors (Lipinski definition) is 3. The number of hydrogen-bond donors (Lipinski definition) is 2. The number of rotatable bonds is 1. The van der Waals surface area contributed by atoms with Gasteiger partial charge in [0.1, 0.15) is 5.82 Å². The highest BCUT2D eigenvalue weighted by Crippen LogP contribution is 2.10. The Morgan fingerprint density at radius 1 is 1.83 bits per heavy atom. The highest BCUT2D eigenvalue weighted by atomic mass is 16.3. The van der Waals surface area contributed by atoms with E-state index in [0.29, 0.717) is 0 Å². The van der Waals surface area contributed by atoms with Crippen molar-refractivity contribution in [3.63, 3.8) is 0 Å². The molecule has 0 saturated carbocycles. The first-order chi connectivity index (χ1) is 5.81. The minimum atomic E-state index is 0.186. The monoisotopic (exact) mass is 167 g/mol. The van der Waals surface area contributed by atoms with Crippen LogP contribution in [0.3, 0.4) is 0 Å². The zero-order valence-electron chi connectivity index (χ0n) is 7.12. The summed E-state index contributed by atoms with van der Waals surface area (Å²) >= 11 is 0. The minimum Gasteiger partial charge on any atom is -0.395 e. The molecule has 1 aromatic rings. The number of aryl methyl sites for hydroxylation is 1. The van der Waals surface area contributed by atoms with Crippen LogP contribution in [0, 0.1) is 6.92 Å². The molecule has 0 aromatic carbocycles. The molecule has 2 N–H and O–H groups in total. The van der Waals surface area contributed by atoms with E-state index in [0.717, 1.165) is 18.9 Å². The van der Waals surface area contributed by atoms with Crippen LogP contribution in [0.5, 0.6) is 0 Å². The van der Waals surface area contributed by atoms with Crippen LogP contribution in [0.15, 0.2) is 6.20 Å². The second-order valence-electron chi connectivity index (χ2n) is 3.17. The zero-order valence-corrected chi connectivity index (χ0v) is 7.12. The largest absolute Gasteiger partial charge is 0.395 e. The van der Waals surface area contributed by atoms with Gasteiger partial charge in [0.15, 0.2) is 0 Å². The maximum atomic E-state index is 8.95. The molecule has 1 atom stereocenters. The summed E-state index contributed by atoms with van der Waals surface area (Å²) in [5.41, 5.74) is 1.21. The van der Waals surface area contributed by atoms with Crippen LogP contribution in [-0.2, 0) is 13.1 Å². The van der Waals surface area contributed by atoms with Crippen LogP contribution in [0.4, 0.5) is 0 Å². The quantitative estimate of drug-likeness (QED) is 0.601. The van der Waals surface area contributed by atoms with Crippen LogP contribution >= 0.6 is 0 Å². The van der Waals surface area contributed by atoms with Crippen molar-refractivity contribution in [2.75, 3.05) is 6.61 Å². The average molecular weight is 167 g/mol. The molecule has 4 heteroatoms. The summed E-state index contributed by atoms with van der Waals surface area (Å²) in [5.74, 6) is 1.03. The summed E-state index contributed by atoms with van der Waals surface area (Å²) in [5, 5.41) is 12.2. The van der Waals surface area contributed by atoms with Crippen molar-refractivity contribution in [2.24, 2.45) is 0 Å². The van der Waals surface area contributed by atoms with E-state index in [1.54, 1.807) is 0 Å². The van der Waals surface area contributed by atoms with Crippen LogP contribution in [-0.4, -0.2) is 27.3 Å². The van der Waals surface area contributed by atoms with Gasteiger partial charge in [-0.05, 0) is 6.92 Å². The second-order valence-corrected chi connectivity index (χ2v) is 3.17. The van der Waals surface area contributed by atoms with Gasteiger partial charge in [-0.1, -0.05) is 0 Å². The topological polar surface area (TPSA) is 50.1 Å². The van der Waals surface area contributed by atoms with Gasteiger partial charge in [-0.25, -0.2) is 4.98 Å². The first-order valence-electron chi connectivity index (χ1n) is 4.16. The highest BCUT2D eigenvalue weighted by molar-refractivity contribution is 5.07. The van der Waals surface area contributed by atoms with Crippen LogP contribution in [0.1, 0.15) is 11.5 Å². The lowest BCUT2D eigenvalue weighted by molar-refractivity contribution is 0.215. The summed E-state index contributed by atoms with van der Waals surface area (Å²) in [6.07, 6.45) is 1.88. The van der Waals surface area contributed by atoms with E-state index in [-0.39, 0.29) is 12.6 Å². The summed E-state index contributed by atoms with van der Waals surface area (Å²) < 4.78 is 2.15. The minimum absolute atomic E-state index is 0.186. The maximum absolute atomic E-state index is 8.95. The van der Waals surface area contributed by atoms with Crippen molar-refractivity contribution in [1.29, 1.82) is 0 Å². The van der Waals surface area contributed by atoms with Gasteiger partial charge in [0.05, 0.1) is 12.3 Å². The smallest absolute Gasteiger partial charge is 0.105 e. The molecule has 0 bridgehead atoms. The molecule has 1 aliphatic heterocycles. The Morgan fingerprint density at radius 2 is 2.67 bits per heavy atom. The molecule has 0 amide bonds. The van der Waals surface area contributed by atoms with Crippen LogP contribution in [0.2, 0.25) is 0 Å². The van der Waals surface area contributed by atoms with Gasteiger partial charge in [-0.2, -0.15) is 0 Å². The van der Waals surface area contributed by atoms with E-state index in [2.05, 4.69) is 14.9 Å². The van der Waals surface area contributed by atoms with Crippen molar-refractivity contribution in [2.45, 2.75) is 26.1 Å². The van der Waals surface area contributed by atoms with Gasteiger partial charge in [-0.15, -0.1) is 0 Å². The molecule has 4 nitrogen and oxygen atoms in total. The number of nitrogens with zero attached hydrogens (tertiary/aromatic N) is 2. The van der Waals surface area contributed by atoms with E-state index >= 15 is 0 Å². The number of aliphatic hydroxyl groups excluding tert-OH is 1. The predicted octanol–water partition coefficient (Wildman–Crippen LogP) is -0.344. The molecule has 1 aromatic heterocycles. The third-order valence-corrected chi connectivity index (χ3v) is 2.33. The number of aliphatic hydroxyl groups is 1. The number of fused-ring (bicyclic) bond motifs is 1. The molecule has 1 aliphatic rings. The van der Waals surface area contributed by atoms with Crippen LogP contribution < -0.4 is 5.32 Å². The summed E-state index contributed by atoms with van der Waals surface area (Å²) in [7, 11) is 0. The Bertz CT molecular complexity index is 282. The molecule has 66 valence electrons. The van der Waals surface area contributed by atoms with E-state index in [1.807, 2.05) is 13.1 Å². The Balaban J connectivity index is 2.26. The standard InChI is InChI=1S/C8H13N3O/c1-6-9-2-8-3-10-7(5-12)4-11(6)8/h2,7,10,12H,3-5H2,1H3. The molecule has 0 saturated heterocycles. The average Bonchev–Trinajstić information content (AvgIpc) is 2.47. The first kappa shape index (κ1) is 7.76. The van der Waals surface area contributed by atoms with Gasteiger partial charge in [0, 0.05) is 25.3 Å².